The van der Waals surface area contributed by atoms with E-state index in [2.05, 4.69) is 10.0 Å². The van der Waals surface area contributed by atoms with Crippen LogP contribution in [0.15, 0.2) is 23.1 Å². The van der Waals surface area contributed by atoms with Gasteiger partial charge in [-0.25, -0.2) is 13.1 Å². The van der Waals surface area contributed by atoms with Crippen molar-refractivity contribution in [3.05, 3.63) is 23.8 Å². The molecule has 1 aromatic rings. The Bertz CT molecular complexity index is 666. The van der Waals surface area contributed by atoms with E-state index in [9.17, 15) is 13.2 Å². The molecule has 0 radical (unpaired) electrons. The minimum Gasteiger partial charge on any atom is -0.383 e. The number of methoxy groups -OCH3 is 1. The molecule has 23 heavy (non-hydrogen) atoms. The van der Waals surface area contributed by atoms with Crippen LogP contribution in [-0.4, -0.2) is 39.6 Å². The summed E-state index contributed by atoms with van der Waals surface area (Å²) in [5, 5.41) is 2.63. The van der Waals surface area contributed by atoms with Gasteiger partial charge in [0.15, 0.2) is 0 Å². The highest BCUT2D eigenvalue weighted by molar-refractivity contribution is 7.89. The second kappa shape index (κ2) is 7.39. The molecule has 0 saturated carbocycles. The van der Waals surface area contributed by atoms with Crippen LogP contribution in [0.2, 0.25) is 0 Å². The smallest absolute Gasteiger partial charge is 0.243 e. The summed E-state index contributed by atoms with van der Waals surface area (Å²) < 4.78 is 32.4. The third-order valence-corrected chi connectivity index (χ3v) is 4.86. The molecule has 0 heterocycles. The normalized spacial score (nSPS) is 13.7. The maximum absolute atomic E-state index is 12.5. The molecular weight excluding hydrogens is 318 g/mol. The van der Waals surface area contributed by atoms with Crippen LogP contribution < -0.4 is 15.8 Å². The fraction of sp³-hybridized carbons (Fsp3) is 0.533. The SMILES string of the molecule is COCC(N)C(=O)Nc1cccc(S(=O)(=O)NC(C)(C)C)c1C. The summed E-state index contributed by atoms with van der Waals surface area (Å²) >= 11 is 0. The van der Waals surface area contributed by atoms with E-state index in [4.69, 9.17) is 10.5 Å². The molecule has 1 atom stereocenters. The quantitative estimate of drug-likeness (QED) is 0.713. The van der Waals surface area contributed by atoms with Crippen LogP contribution in [0.3, 0.4) is 0 Å². The van der Waals surface area contributed by atoms with Crippen LogP contribution in [0.25, 0.3) is 0 Å². The number of anilines is 1. The molecule has 0 saturated heterocycles. The van der Waals surface area contributed by atoms with E-state index < -0.39 is 27.5 Å². The van der Waals surface area contributed by atoms with E-state index in [1.54, 1.807) is 39.8 Å². The molecule has 0 aromatic heterocycles. The van der Waals surface area contributed by atoms with Crippen molar-refractivity contribution in [1.29, 1.82) is 0 Å². The molecule has 0 aliphatic heterocycles. The molecule has 1 aromatic carbocycles. The van der Waals surface area contributed by atoms with Crippen LogP contribution in [0.4, 0.5) is 5.69 Å². The first kappa shape index (κ1) is 19.6. The molecule has 130 valence electrons. The number of ether oxygens (including phenoxy) is 1. The number of amides is 1. The van der Waals surface area contributed by atoms with Gasteiger partial charge in [-0.3, -0.25) is 4.79 Å². The number of hydrogen-bond acceptors (Lipinski definition) is 5. The lowest BCUT2D eigenvalue weighted by Gasteiger charge is -2.22. The zero-order valence-electron chi connectivity index (χ0n) is 14.1. The number of nitrogens with two attached hydrogens (primary N) is 1. The van der Waals surface area contributed by atoms with Crippen LogP contribution >= 0.6 is 0 Å². The first-order chi connectivity index (χ1) is 10.5. The minimum atomic E-state index is -3.69. The van der Waals surface area contributed by atoms with Gasteiger partial charge in [0.1, 0.15) is 6.04 Å². The number of nitrogens with one attached hydrogen (secondary N) is 2. The van der Waals surface area contributed by atoms with E-state index in [1.165, 1.54) is 13.2 Å². The highest BCUT2D eigenvalue weighted by atomic mass is 32.2. The van der Waals surface area contributed by atoms with E-state index in [0.29, 0.717) is 11.3 Å². The van der Waals surface area contributed by atoms with Gasteiger partial charge in [-0.1, -0.05) is 6.07 Å². The Hall–Kier alpha value is -1.48. The molecule has 8 heteroatoms. The van der Waals surface area contributed by atoms with E-state index in [-0.39, 0.29) is 11.5 Å². The summed E-state index contributed by atoms with van der Waals surface area (Å²) in [5.74, 6) is -0.437. The van der Waals surface area contributed by atoms with Crippen molar-refractivity contribution in [3.8, 4) is 0 Å². The fourth-order valence-corrected chi connectivity index (χ4v) is 3.67. The Kier molecular flexibility index (Phi) is 6.29. The van der Waals surface area contributed by atoms with Crippen molar-refractivity contribution >= 4 is 21.6 Å². The zero-order chi connectivity index (χ0) is 17.8. The average molecular weight is 343 g/mol. The van der Waals surface area contributed by atoms with Gasteiger partial charge >= 0.3 is 0 Å². The summed E-state index contributed by atoms with van der Waals surface area (Å²) in [7, 11) is -2.25. The molecule has 4 N–H and O–H groups in total. The zero-order valence-corrected chi connectivity index (χ0v) is 15.0. The van der Waals surface area contributed by atoms with Crippen LogP contribution in [-0.2, 0) is 19.6 Å². The largest absolute Gasteiger partial charge is 0.383 e. The van der Waals surface area contributed by atoms with Crippen molar-refractivity contribution < 1.29 is 17.9 Å². The van der Waals surface area contributed by atoms with Crippen molar-refractivity contribution in [2.24, 2.45) is 5.73 Å². The van der Waals surface area contributed by atoms with Crippen molar-refractivity contribution in [2.45, 2.75) is 44.2 Å². The van der Waals surface area contributed by atoms with E-state index >= 15 is 0 Å². The van der Waals surface area contributed by atoms with Gasteiger partial charge in [0.25, 0.3) is 0 Å². The predicted molar refractivity (Wildman–Crippen MR) is 89.7 cm³/mol. The lowest BCUT2D eigenvalue weighted by atomic mass is 10.1. The van der Waals surface area contributed by atoms with Gasteiger partial charge < -0.3 is 15.8 Å². The fourth-order valence-electron chi connectivity index (χ4n) is 1.98. The molecule has 1 amide bonds. The summed E-state index contributed by atoms with van der Waals surface area (Å²) in [6.07, 6.45) is 0. The molecule has 0 bridgehead atoms. The van der Waals surface area contributed by atoms with Crippen molar-refractivity contribution in [3.63, 3.8) is 0 Å². The van der Waals surface area contributed by atoms with Gasteiger partial charge in [0, 0.05) is 18.3 Å². The maximum atomic E-state index is 12.5. The summed E-state index contributed by atoms with van der Waals surface area (Å²) in [6.45, 7) is 6.99. The number of benzene rings is 1. The number of carbonyl (C=O) groups excluding carboxylic acids is 1. The Morgan fingerprint density at radius 3 is 2.48 bits per heavy atom. The number of rotatable bonds is 6. The van der Waals surface area contributed by atoms with Crippen molar-refractivity contribution in [2.75, 3.05) is 19.0 Å². The topological polar surface area (TPSA) is 111 Å². The summed E-state index contributed by atoms with van der Waals surface area (Å²) in [6, 6.07) is 3.87. The van der Waals surface area contributed by atoms with Gasteiger partial charge in [-0.2, -0.15) is 0 Å². The second-order valence-electron chi connectivity index (χ2n) is 6.34. The highest BCUT2D eigenvalue weighted by Crippen LogP contribution is 2.24. The third-order valence-electron chi connectivity index (χ3n) is 2.96. The number of sulfonamides is 1. The first-order valence-electron chi connectivity index (χ1n) is 7.17. The molecule has 0 aliphatic carbocycles. The monoisotopic (exact) mass is 343 g/mol. The minimum absolute atomic E-state index is 0.0778. The Morgan fingerprint density at radius 1 is 1.35 bits per heavy atom. The van der Waals surface area contributed by atoms with Crippen LogP contribution in [0.5, 0.6) is 0 Å². The van der Waals surface area contributed by atoms with Crippen molar-refractivity contribution in [1.82, 2.24) is 4.72 Å². The Morgan fingerprint density at radius 2 is 1.96 bits per heavy atom. The summed E-state index contributed by atoms with van der Waals surface area (Å²) in [4.78, 5) is 12.1. The lowest BCUT2D eigenvalue weighted by Crippen LogP contribution is -2.41. The first-order valence-corrected chi connectivity index (χ1v) is 8.65. The maximum Gasteiger partial charge on any atom is 0.243 e. The standard InChI is InChI=1S/C15H25N3O4S/c1-10-12(17-14(19)11(16)9-22-5)7-6-8-13(10)23(20,21)18-15(2,3)4/h6-8,11,18H,9,16H2,1-5H3,(H,17,19). The Balaban J connectivity index is 3.10. The number of hydrogen-bond donors (Lipinski definition) is 3. The van der Waals surface area contributed by atoms with Gasteiger partial charge in [-0.05, 0) is 45.4 Å². The molecule has 7 nitrogen and oxygen atoms in total. The molecule has 1 unspecified atom stereocenters. The molecular formula is C15H25N3O4S. The Labute approximate surface area is 137 Å². The molecule has 0 spiro atoms. The van der Waals surface area contributed by atoms with Crippen LogP contribution in [0, 0.1) is 6.92 Å². The lowest BCUT2D eigenvalue weighted by molar-refractivity contribution is -0.118. The molecule has 0 fully saturated rings. The molecule has 1 rings (SSSR count). The number of carbonyl (C=O) groups is 1. The highest BCUT2D eigenvalue weighted by Gasteiger charge is 2.25. The van der Waals surface area contributed by atoms with Gasteiger partial charge in [0.2, 0.25) is 15.9 Å². The predicted octanol–water partition coefficient (Wildman–Crippen LogP) is 0.984. The second-order valence-corrected chi connectivity index (χ2v) is 7.99. The van der Waals surface area contributed by atoms with E-state index in [0.717, 1.165) is 0 Å². The van der Waals surface area contributed by atoms with Gasteiger partial charge in [0.05, 0.1) is 11.5 Å². The molecule has 0 aliphatic rings. The van der Waals surface area contributed by atoms with Crippen LogP contribution in [0.1, 0.15) is 26.3 Å². The van der Waals surface area contributed by atoms with Gasteiger partial charge in [-0.15, -0.1) is 0 Å². The van der Waals surface area contributed by atoms with E-state index in [1.807, 2.05) is 0 Å². The third kappa shape index (κ3) is 5.58. The summed E-state index contributed by atoms with van der Waals surface area (Å²) in [5.41, 5.74) is 5.91. The average Bonchev–Trinajstić information content (AvgIpc) is 2.38.